The molecule has 2 heterocycles. The molecule has 0 aliphatic heterocycles. The zero-order chi connectivity index (χ0) is 25.5. The maximum atomic E-state index is 13.3. The first-order chi connectivity index (χ1) is 17.5. The molecule has 0 fully saturated rings. The Balaban J connectivity index is 1.62. The number of benzene rings is 2. The van der Waals surface area contributed by atoms with Gasteiger partial charge >= 0.3 is 0 Å². The number of ether oxygens (including phenoxy) is 1. The molecule has 1 atom stereocenters. The fourth-order valence-corrected chi connectivity index (χ4v) is 4.45. The summed E-state index contributed by atoms with van der Waals surface area (Å²) in [6.45, 7) is 2.21. The van der Waals surface area contributed by atoms with Gasteiger partial charge in [-0.2, -0.15) is 4.68 Å². The van der Waals surface area contributed by atoms with E-state index in [1.54, 1.807) is 67.0 Å². The summed E-state index contributed by atoms with van der Waals surface area (Å²) in [4.78, 5) is 47.9. The lowest BCUT2D eigenvalue weighted by atomic mass is 10.2. The van der Waals surface area contributed by atoms with E-state index in [1.807, 2.05) is 13.0 Å². The Morgan fingerprint density at radius 2 is 1.86 bits per heavy atom. The van der Waals surface area contributed by atoms with Crippen LogP contribution >= 0.6 is 11.8 Å². The van der Waals surface area contributed by atoms with Crippen molar-refractivity contribution >= 4 is 34.5 Å². The van der Waals surface area contributed by atoms with Crippen molar-refractivity contribution in [2.45, 2.75) is 30.3 Å². The predicted molar refractivity (Wildman–Crippen MR) is 139 cm³/mol. The van der Waals surface area contributed by atoms with Crippen LogP contribution in [-0.4, -0.2) is 38.8 Å². The van der Waals surface area contributed by atoms with Gasteiger partial charge in [-0.05, 0) is 54.4 Å². The Bertz CT molecular complexity index is 1420. The van der Waals surface area contributed by atoms with Crippen molar-refractivity contribution < 1.29 is 14.3 Å². The van der Waals surface area contributed by atoms with E-state index in [0.717, 1.165) is 22.0 Å². The van der Waals surface area contributed by atoms with E-state index >= 15 is 0 Å². The summed E-state index contributed by atoms with van der Waals surface area (Å²) < 4.78 is 6.25. The van der Waals surface area contributed by atoms with Gasteiger partial charge in [0.1, 0.15) is 5.75 Å². The standard InChI is InChI=1S/C26H25N5O4S/c1-3-22(24(33)28-16-17-7-6-14-27-15-17)36-26-29-21-9-5-4-8-20(21)25(34)31(26)30-23(32)18-10-12-19(35-2)13-11-18/h4-15,22H,3,16H2,1-2H3,(H,28,33)(H,30,32)/t22-/m1/s1. The fraction of sp³-hybridized carbons (Fsp3) is 0.192. The van der Waals surface area contributed by atoms with Crippen molar-refractivity contribution in [1.82, 2.24) is 20.0 Å². The van der Waals surface area contributed by atoms with Crippen LogP contribution in [0.2, 0.25) is 0 Å². The Kier molecular flexibility index (Phi) is 7.96. The van der Waals surface area contributed by atoms with Crippen molar-refractivity contribution in [3.05, 3.63) is 94.5 Å². The minimum absolute atomic E-state index is 0.207. The highest BCUT2D eigenvalue weighted by molar-refractivity contribution is 8.00. The molecule has 2 amide bonds. The minimum atomic E-state index is -0.543. The van der Waals surface area contributed by atoms with Crippen molar-refractivity contribution in [3.8, 4) is 5.75 Å². The summed E-state index contributed by atoms with van der Waals surface area (Å²) in [5, 5.41) is 2.93. The number of carbonyl (C=O) groups excluding carboxylic acids is 2. The highest BCUT2D eigenvalue weighted by atomic mass is 32.2. The summed E-state index contributed by atoms with van der Waals surface area (Å²) in [5.74, 6) is -0.0926. The number of methoxy groups -OCH3 is 1. The summed E-state index contributed by atoms with van der Waals surface area (Å²) in [6.07, 6.45) is 3.84. The highest BCUT2D eigenvalue weighted by Crippen LogP contribution is 2.25. The molecule has 9 nitrogen and oxygen atoms in total. The topological polar surface area (TPSA) is 115 Å². The molecule has 0 spiro atoms. The van der Waals surface area contributed by atoms with Crippen molar-refractivity contribution in [2.75, 3.05) is 12.5 Å². The lowest BCUT2D eigenvalue weighted by Gasteiger charge is -2.18. The zero-order valence-corrected chi connectivity index (χ0v) is 20.6. The van der Waals surface area contributed by atoms with Crippen molar-refractivity contribution in [3.63, 3.8) is 0 Å². The Morgan fingerprint density at radius 1 is 1.08 bits per heavy atom. The molecule has 36 heavy (non-hydrogen) atoms. The third-order valence-corrected chi connectivity index (χ3v) is 6.73. The first-order valence-electron chi connectivity index (χ1n) is 11.3. The normalized spacial score (nSPS) is 11.6. The Hall–Kier alpha value is -4.18. The number of fused-ring (bicyclic) bond motifs is 1. The number of rotatable bonds is 9. The third kappa shape index (κ3) is 5.72. The maximum Gasteiger partial charge on any atom is 0.281 e. The van der Waals surface area contributed by atoms with E-state index in [9.17, 15) is 14.4 Å². The number of para-hydroxylation sites is 1. The summed E-state index contributed by atoms with van der Waals surface area (Å²) in [5.41, 5.74) is 3.91. The van der Waals surface area contributed by atoms with Crippen LogP contribution in [0.3, 0.4) is 0 Å². The second-order valence-corrected chi connectivity index (χ2v) is 8.99. The molecule has 2 aromatic carbocycles. The Labute approximate surface area is 211 Å². The number of thioether (sulfide) groups is 1. The van der Waals surface area contributed by atoms with E-state index < -0.39 is 16.7 Å². The average Bonchev–Trinajstić information content (AvgIpc) is 2.92. The molecule has 0 saturated carbocycles. The van der Waals surface area contributed by atoms with Crippen molar-refractivity contribution in [1.29, 1.82) is 0 Å². The molecule has 0 saturated heterocycles. The van der Waals surface area contributed by atoms with Crippen LogP contribution in [0.4, 0.5) is 0 Å². The van der Waals surface area contributed by atoms with Crippen LogP contribution in [0.1, 0.15) is 29.3 Å². The van der Waals surface area contributed by atoms with Gasteiger partial charge in [-0.15, -0.1) is 0 Å². The van der Waals surface area contributed by atoms with Crippen LogP contribution in [-0.2, 0) is 11.3 Å². The quantitative estimate of drug-likeness (QED) is 0.266. The molecule has 0 bridgehead atoms. The number of aromatic nitrogens is 3. The fourth-order valence-electron chi connectivity index (χ4n) is 3.45. The SMILES string of the molecule is CC[C@@H](Sc1nc2ccccc2c(=O)n1NC(=O)c1ccc(OC)cc1)C(=O)NCc1cccnc1. The lowest BCUT2D eigenvalue weighted by molar-refractivity contribution is -0.120. The lowest BCUT2D eigenvalue weighted by Crippen LogP contribution is -2.37. The molecule has 2 aromatic heterocycles. The molecule has 0 radical (unpaired) electrons. The molecule has 2 N–H and O–H groups in total. The van der Waals surface area contributed by atoms with Crippen LogP contribution < -0.4 is 21.0 Å². The molecule has 10 heteroatoms. The summed E-state index contributed by atoms with van der Waals surface area (Å²) >= 11 is 1.12. The van der Waals surface area contributed by atoms with E-state index in [1.165, 1.54) is 7.11 Å². The number of nitrogens with one attached hydrogen (secondary N) is 2. The second kappa shape index (κ2) is 11.5. The van der Waals surface area contributed by atoms with Crippen LogP contribution in [0.5, 0.6) is 5.75 Å². The molecule has 0 unspecified atom stereocenters. The average molecular weight is 504 g/mol. The minimum Gasteiger partial charge on any atom is -0.497 e. The number of hydrogen-bond acceptors (Lipinski definition) is 7. The van der Waals surface area contributed by atoms with Gasteiger partial charge in [-0.1, -0.05) is 36.9 Å². The van der Waals surface area contributed by atoms with Crippen molar-refractivity contribution in [2.24, 2.45) is 0 Å². The number of pyridine rings is 1. The smallest absolute Gasteiger partial charge is 0.281 e. The maximum absolute atomic E-state index is 13.3. The third-order valence-electron chi connectivity index (χ3n) is 5.41. The van der Waals surface area contributed by atoms with E-state index in [-0.39, 0.29) is 11.1 Å². The van der Waals surface area contributed by atoms with Gasteiger partial charge in [0.25, 0.3) is 11.5 Å². The van der Waals surface area contributed by atoms with Gasteiger partial charge in [-0.25, -0.2) is 4.98 Å². The van der Waals surface area contributed by atoms with E-state index in [2.05, 4.69) is 20.7 Å². The van der Waals surface area contributed by atoms with E-state index in [4.69, 9.17) is 4.74 Å². The molecule has 0 aliphatic rings. The molecule has 4 rings (SSSR count). The zero-order valence-electron chi connectivity index (χ0n) is 19.8. The summed E-state index contributed by atoms with van der Waals surface area (Å²) in [7, 11) is 1.54. The number of hydrogen-bond donors (Lipinski definition) is 2. The van der Waals surface area contributed by atoms with E-state index in [0.29, 0.717) is 35.2 Å². The highest BCUT2D eigenvalue weighted by Gasteiger charge is 2.23. The molecule has 4 aromatic rings. The number of nitrogens with zero attached hydrogens (tertiary/aromatic N) is 3. The monoisotopic (exact) mass is 503 g/mol. The number of amides is 2. The van der Waals surface area contributed by atoms with Gasteiger partial charge in [0.05, 0.1) is 23.3 Å². The molecule has 184 valence electrons. The largest absolute Gasteiger partial charge is 0.497 e. The first-order valence-corrected chi connectivity index (χ1v) is 12.2. The van der Waals surface area contributed by atoms with Gasteiger partial charge < -0.3 is 10.1 Å². The molecular weight excluding hydrogens is 478 g/mol. The first kappa shape index (κ1) is 24.9. The summed E-state index contributed by atoms with van der Waals surface area (Å²) in [6, 6.07) is 17.1. The predicted octanol–water partition coefficient (Wildman–Crippen LogP) is 3.37. The second-order valence-electron chi connectivity index (χ2n) is 7.82. The number of carbonyl (C=O) groups is 2. The van der Waals surface area contributed by atoms with Gasteiger partial charge in [0.2, 0.25) is 5.91 Å². The van der Waals surface area contributed by atoms with Gasteiger partial charge in [0, 0.05) is 24.5 Å². The molecular formula is C26H25N5O4S. The van der Waals surface area contributed by atoms with Gasteiger partial charge in [0.15, 0.2) is 5.16 Å². The van der Waals surface area contributed by atoms with Crippen LogP contribution in [0.15, 0.2) is 83.0 Å². The van der Waals surface area contributed by atoms with Gasteiger partial charge in [-0.3, -0.25) is 24.8 Å². The Morgan fingerprint density at radius 3 is 2.56 bits per heavy atom. The van der Waals surface area contributed by atoms with Crippen LogP contribution in [0.25, 0.3) is 10.9 Å². The molecule has 0 aliphatic carbocycles. The van der Waals surface area contributed by atoms with Crippen LogP contribution in [0, 0.1) is 0 Å².